The maximum absolute atomic E-state index is 13.0. The summed E-state index contributed by atoms with van der Waals surface area (Å²) in [6, 6.07) is 0. The monoisotopic (exact) mass is 1230 g/mol. The van der Waals surface area contributed by atoms with Crippen LogP contribution in [0.15, 0.2) is 0 Å². The summed E-state index contributed by atoms with van der Waals surface area (Å²) in [5.41, 5.74) is 0. The number of ether oxygens (including phenoxy) is 4. The lowest BCUT2D eigenvalue weighted by atomic mass is 9.99. The number of phosphoric acid groups is 2. The number of phosphoric ester groups is 2. The van der Waals surface area contributed by atoms with E-state index in [1.165, 1.54) is 148 Å². The first-order chi connectivity index (χ1) is 40.1. The molecule has 0 saturated carbocycles. The molecular formula is C64H124O17P2. The van der Waals surface area contributed by atoms with Gasteiger partial charge in [-0.1, -0.05) is 272 Å². The molecule has 83 heavy (non-hydrogen) atoms. The van der Waals surface area contributed by atoms with Gasteiger partial charge in [-0.15, -0.1) is 0 Å². The van der Waals surface area contributed by atoms with Gasteiger partial charge in [0.05, 0.1) is 26.4 Å². The first kappa shape index (κ1) is 81.1. The van der Waals surface area contributed by atoms with Crippen molar-refractivity contribution in [3.8, 4) is 0 Å². The molecule has 3 unspecified atom stereocenters. The number of aliphatic hydroxyl groups excluding tert-OH is 1. The Hall–Kier alpha value is -1.94. The van der Waals surface area contributed by atoms with Gasteiger partial charge in [-0.05, 0) is 31.6 Å². The fourth-order valence-corrected chi connectivity index (χ4v) is 11.1. The molecule has 0 aliphatic rings. The normalized spacial score (nSPS) is 14.6. The Morgan fingerprint density at radius 1 is 0.337 bits per heavy atom. The minimum atomic E-state index is -4.94. The number of hydrogen-bond donors (Lipinski definition) is 3. The molecule has 0 bridgehead atoms. The Labute approximate surface area is 505 Å². The van der Waals surface area contributed by atoms with Gasteiger partial charge < -0.3 is 33.8 Å². The summed E-state index contributed by atoms with van der Waals surface area (Å²) in [5.74, 6) is -1.36. The summed E-state index contributed by atoms with van der Waals surface area (Å²) in [6.45, 7) is 7.17. The maximum atomic E-state index is 13.0. The largest absolute Gasteiger partial charge is 0.472 e. The van der Waals surface area contributed by atoms with Gasteiger partial charge in [-0.25, -0.2) is 9.13 Å². The molecule has 492 valence electrons. The lowest BCUT2D eigenvalue weighted by molar-refractivity contribution is -0.161. The van der Waals surface area contributed by atoms with Crippen LogP contribution in [0.5, 0.6) is 0 Å². The second-order valence-electron chi connectivity index (χ2n) is 23.4. The van der Waals surface area contributed by atoms with E-state index in [4.69, 9.17) is 37.0 Å². The number of aliphatic hydroxyl groups is 1. The third kappa shape index (κ3) is 57.6. The summed E-state index contributed by atoms with van der Waals surface area (Å²) in [6.07, 6.45) is 41.5. The van der Waals surface area contributed by atoms with Gasteiger partial charge in [-0.2, -0.15) is 0 Å². The highest BCUT2D eigenvalue weighted by Gasteiger charge is 2.30. The molecule has 0 heterocycles. The molecule has 19 heteroatoms. The molecule has 0 rings (SSSR count). The van der Waals surface area contributed by atoms with E-state index >= 15 is 0 Å². The van der Waals surface area contributed by atoms with E-state index in [2.05, 4.69) is 34.6 Å². The molecule has 0 aliphatic carbocycles. The summed E-state index contributed by atoms with van der Waals surface area (Å²) in [4.78, 5) is 72.2. The molecule has 0 aromatic heterocycles. The lowest BCUT2D eigenvalue weighted by Crippen LogP contribution is -2.30. The smallest absolute Gasteiger partial charge is 0.462 e. The highest BCUT2D eigenvalue weighted by atomic mass is 31.2. The predicted molar refractivity (Wildman–Crippen MR) is 331 cm³/mol. The van der Waals surface area contributed by atoms with E-state index < -0.39 is 97.5 Å². The van der Waals surface area contributed by atoms with Gasteiger partial charge in [-0.3, -0.25) is 37.3 Å². The van der Waals surface area contributed by atoms with Gasteiger partial charge in [0.25, 0.3) is 0 Å². The van der Waals surface area contributed by atoms with Crippen molar-refractivity contribution in [1.29, 1.82) is 0 Å². The van der Waals surface area contributed by atoms with Crippen molar-refractivity contribution in [2.45, 2.75) is 342 Å². The fourth-order valence-electron chi connectivity index (χ4n) is 9.55. The first-order valence-corrected chi connectivity index (χ1v) is 36.7. The molecular weight excluding hydrogens is 1100 g/mol. The summed E-state index contributed by atoms with van der Waals surface area (Å²) < 4.78 is 68.0. The molecule has 0 aliphatic heterocycles. The second kappa shape index (κ2) is 57.8. The molecule has 6 atom stereocenters. The van der Waals surface area contributed by atoms with Crippen LogP contribution in [0.3, 0.4) is 0 Å². The average molecular weight is 1230 g/mol. The lowest BCUT2D eigenvalue weighted by Gasteiger charge is -2.21. The van der Waals surface area contributed by atoms with Crippen LogP contribution in [-0.2, 0) is 65.4 Å². The Morgan fingerprint density at radius 2 is 0.578 bits per heavy atom. The minimum Gasteiger partial charge on any atom is -0.462 e. The molecule has 0 radical (unpaired) electrons. The van der Waals surface area contributed by atoms with Gasteiger partial charge in [0.15, 0.2) is 12.2 Å². The zero-order chi connectivity index (χ0) is 61.3. The second-order valence-corrected chi connectivity index (χ2v) is 26.3. The van der Waals surface area contributed by atoms with Crippen molar-refractivity contribution in [1.82, 2.24) is 0 Å². The standard InChI is InChI=1S/C64H124O17P2/c1-6-10-13-16-19-22-24-27-33-38-43-48-62(67)75-54-60(81-64(69)50-45-40-35-30-29-31-36-41-46-57(5)9-4)56-79-83(72,73)77-52-58(65)51-76-82(70,71)78-55-59(53-74-61(66)47-42-37-32-26-21-18-15-12-8-3)80-63(68)49-44-39-34-28-25-23-20-17-14-11-7-2/h57-60,65H,6-56H2,1-5H3,(H,70,71)(H,72,73)/t57?,58-,59+,60+/m0/s1. The van der Waals surface area contributed by atoms with Crippen molar-refractivity contribution >= 4 is 39.5 Å². The quantitative estimate of drug-likeness (QED) is 0.0222. The number of rotatable bonds is 64. The topological polar surface area (TPSA) is 237 Å². The highest BCUT2D eigenvalue weighted by Crippen LogP contribution is 2.45. The SMILES string of the molecule is CCCCCCCCCCCCCC(=O)OC[C@H](COP(=O)(O)OC[C@@H](O)COP(=O)(O)OC[C@@H](COC(=O)CCCCCCCCCCC)OC(=O)CCCCCCCCCCCCC)OC(=O)CCCCCCCCCCC(C)CC. The van der Waals surface area contributed by atoms with Crippen molar-refractivity contribution in [3.05, 3.63) is 0 Å². The molecule has 0 spiro atoms. The maximum Gasteiger partial charge on any atom is 0.472 e. The van der Waals surface area contributed by atoms with Crippen LogP contribution in [0.4, 0.5) is 0 Å². The zero-order valence-corrected chi connectivity index (χ0v) is 55.1. The predicted octanol–water partition coefficient (Wildman–Crippen LogP) is 17.8. The van der Waals surface area contributed by atoms with Crippen molar-refractivity contribution in [2.24, 2.45) is 5.92 Å². The molecule has 0 saturated heterocycles. The van der Waals surface area contributed by atoms with E-state index in [1.807, 2.05) is 0 Å². The molecule has 0 aromatic carbocycles. The van der Waals surface area contributed by atoms with Crippen LogP contribution < -0.4 is 0 Å². The Morgan fingerprint density at radius 3 is 0.855 bits per heavy atom. The minimum absolute atomic E-state index is 0.105. The summed E-state index contributed by atoms with van der Waals surface area (Å²) in [5, 5.41) is 10.5. The molecule has 0 amide bonds. The number of carbonyl (C=O) groups excluding carboxylic acids is 4. The zero-order valence-electron chi connectivity index (χ0n) is 53.3. The van der Waals surface area contributed by atoms with Crippen LogP contribution in [0, 0.1) is 5.92 Å². The van der Waals surface area contributed by atoms with Crippen LogP contribution in [0.25, 0.3) is 0 Å². The van der Waals surface area contributed by atoms with Crippen LogP contribution in [0.2, 0.25) is 0 Å². The molecule has 0 aromatic rings. The number of carbonyl (C=O) groups is 4. The van der Waals surface area contributed by atoms with E-state index in [9.17, 15) is 43.2 Å². The van der Waals surface area contributed by atoms with Gasteiger partial charge in [0.2, 0.25) is 0 Å². The van der Waals surface area contributed by atoms with Gasteiger partial charge in [0.1, 0.15) is 19.3 Å². The van der Waals surface area contributed by atoms with Crippen LogP contribution >= 0.6 is 15.6 Å². The fraction of sp³-hybridized carbons (Fsp3) is 0.938. The van der Waals surface area contributed by atoms with Gasteiger partial charge in [0, 0.05) is 25.7 Å². The van der Waals surface area contributed by atoms with Crippen molar-refractivity contribution in [2.75, 3.05) is 39.6 Å². The van der Waals surface area contributed by atoms with Gasteiger partial charge >= 0.3 is 39.5 Å². The highest BCUT2D eigenvalue weighted by molar-refractivity contribution is 7.47. The average Bonchev–Trinajstić information content (AvgIpc) is 3.47. The van der Waals surface area contributed by atoms with Crippen molar-refractivity contribution < 1.29 is 80.2 Å². The summed E-state index contributed by atoms with van der Waals surface area (Å²) in [7, 11) is -9.88. The van der Waals surface area contributed by atoms with E-state index in [-0.39, 0.29) is 25.7 Å². The summed E-state index contributed by atoms with van der Waals surface area (Å²) >= 11 is 0. The van der Waals surface area contributed by atoms with E-state index in [0.717, 1.165) is 95.8 Å². The number of esters is 4. The Kier molecular flexibility index (Phi) is 56.4. The molecule has 3 N–H and O–H groups in total. The van der Waals surface area contributed by atoms with Crippen LogP contribution in [0.1, 0.15) is 324 Å². The van der Waals surface area contributed by atoms with Crippen LogP contribution in [-0.4, -0.2) is 96.7 Å². The number of hydrogen-bond acceptors (Lipinski definition) is 15. The van der Waals surface area contributed by atoms with E-state index in [1.54, 1.807) is 0 Å². The molecule has 0 fully saturated rings. The third-order valence-electron chi connectivity index (χ3n) is 15.1. The van der Waals surface area contributed by atoms with Crippen molar-refractivity contribution in [3.63, 3.8) is 0 Å². The molecule has 17 nitrogen and oxygen atoms in total. The Balaban J connectivity index is 5.24. The Bertz CT molecular complexity index is 1620. The third-order valence-corrected chi connectivity index (χ3v) is 17.0. The number of unbranched alkanes of at least 4 members (excludes halogenated alkanes) is 35. The first-order valence-electron chi connectivity index (χ1n) is 33.7. The van der Waals surface area contributed by atoms with E-state index in [0.29, 0.717) is 25.7 Å².